The number of aromatic nitrogens is 3. The SMILES string of the molecule is COc1ccc(-n2c(SCc3ccccc3)nc3nc4c(cc3c2=O)COC(C)(C)C4)cc1. The Balaban J connectivity index is 1.65. The third kappa shape index (κ3) is 4.38. The van der Waals surface area contributed by atoms with Crippen LogP contribution in [0.3, 0.4) is 0 Å². The van der Waals surface area contributed by atoms with Crippen LogP contribution in [-0.2, 0) is 23.5 Å². The summed E-state index contributed by atoms with van der Waals surface area (Å²) in [6.07, 6.45) is 0.689. The summed E-state index contributed by atoms with van der Waals surface area (Å²) in [6, 6.07) is 19.5. The highest BCUT2D eigenvalue weighted by Crippen LogP contribution is 2.30. The zero-order valence-corrected chi connectivity index (χ0v) is 19.7. The number of hydrogen-bond acceptors (Lipinski definition) is 6. The van der Waals surface area contributed by atoms with Crippen molar-refractivity contribution in [1.29, 1.82) is 0 Å². The van der Waals surface area contributed by atoms with E-state index in [1.807, 2.05) is 48.5 Å². The Kier molecular flexibility index (Phi) is 5.68. The Hall–Kier alpha value is -3.16. The van der Waals surface area contributed by atoms with Crippen molar-refractivity contribution in [2.75, 3.05) is 7.11 Å². The van der Waals surface area contributed by atoms with E-state index in [0.29, 0.717) is 35.0 Å². The second-order valence-electron chi connectivity index (χ2n) is 8.70. The van der Waals surface area contributed by atoms with E-state index in [9.17, 15) is 4.79 Å². The third-order valence-corrected chi connectivity index (χ3v) is 6.76. The Morgan fingerprint density at radius 3 is 2.58 bits per heavy atom. The van der Waals surface area contributed by atoms with E-state index in [1.54, 1.807) is 11.7 Å². The highest BCUT2D eigenvalue weighted by Gasteiger charge is 2.28. The Labute approximate surface area is 196 Å². The summed E-state index contributed by atoms with van der Waals surface area (Å²) in [5.74, 6) is 1.43. The monoisotopic (exact) mass is 459 g/mol. The van der Waals surface area contributed by atoms with Gasteiger partial charge in [0.2, 0.25) is 0 Å². The first-order valence-electron chi connectivity index (χ1n) is 10.8. The van der Waals surface area contributed by atoms with Crippen molar-refractivity contribution in [1.82, 2.24) is 14.5 Å². The zero-order chi connectivity index (χ0) is 23.0. The maximum atomic E-state index is 13.7. The van der Waals surface area contributed by atoms with Crippen LogP contribution in [0.5, 0.6) is 5.75 Å². The number of fused-ring (bicyclic) bond motifs is 2. The van der Waals surface area contributed by atoms with Crippen LogP contribution in [0.4, 0.5) is 0 Å². The Morgan fingerprint density at radius 1 is 1.09 bits per heavy atom. The van der Waals surface area contributed by atoms with E-state index in [-0.39, 0.29) is 11.2 Å². The van der Waals surface area contributed by atoms with Gasteiger partial charge in [0.15, 0.2) is 10.8 Å². The summed E-state index contributed by atoms with van der Waals surface area (Å²) in [4.78, 5) is 23.4. The van der Waals surface area contributed by atoms with Crippen molar-refractivity contribution in [2.24, 2.45) is 0 Å². The molecule has 33 heavy (non-hydrogen) atoms. The molecule has 168 valence electrons. The molecule has 0 spiro atoms. The van der Waals surface area contributed by atoms with Gasteiger partial charge in [-0.25, -0.2) is 9.97 Å². The highest BCUT2D eigenvalue weighted by molar-refractivity contribution is 7.98. The Morgan fingerprint density at radius 2 is 1.85 bits per heavy atom. The standard InChI is InChI=1S/C26H25N3O3S/c1-26(2)14-22-18(15-32-26)13-21-23(27-22)28-25(33-16-17-7-5-4-6-8-17)29(24(21)30)19-9-11-20(31-3)12-10-19/h4-13H,14-16H2,1-3H3. The average molecular weight is 460 g/mol. The molecule has 0 saturated heterocycles. The molecule has 7 heteroatoms. The number of nitrogens with zero attached hydrogens (tertiary/aromatic N) is 3. The molecule has 0 fully saturated rings. The Bertz CT molecular complexity index is 1370. The molecule has 0 N–H and O–H groups in total. The van der Waals surface area contributed by atoms with Crippen molar-refractivity contribution >= 4 is 22.8 Å². The molecule has 1 aliphatic rings. The van der Waals surface area contributed by atoms with Crippen LogP contribution >= 0.6 is 11.8 Å². The molecule has 0 unspecified atom stereocenters. The second kappa shape index (κ2) is 8.65. The van der Waals surface area contributed by atoms with Gasteiger partial charge < -0.3 is 9.47 Å². The third-order valence-electron chi connectivity index (χ3n) is 5.75. The van der Waals surface area contributed by atoms with Gasteiger partial charge in [-0.3, -0.25) is 9.36 Å². The van der Waals surface area contributed by atoms with Crippen molar-refractivity contribution in [2.45, 2.75) is 43.4 Å². The number of methoxy groups -OCH3 is 1. The molecule has 0 aliphatic carbocycles. The largest absolute Gasteiger partial charge is 0.497 e. The van der Waals surface area contributed by atoms with Crippen LogP contribution in [0.2, 0.25) is 0 Å². The topological polar surface area (TPSA) is 66.2 Å². The van der Waals surface area contributed by atoms with Crippen molar-refractivity contribution in [3.8, 4) is 11.4 Å². The lowest BCUT2D eigenvalue weighted by molar-refractivity contribution is -0.0411. The lowest BCUT2D eigenvalue weighted by atomic mass is 9.95. The average Bonchev–Trinajstić information content (AvgIpc) is 2.82. The van der Waals surface area contributed by atoms with Crippen LogP contribution in [0, 0.1) is 0 Å². The van der Waals surface area contributed by atoms with Gasteiger partial charge in [-0.1, -0.05) is 42.1 Å². The summed E-state index contributed by atoms with van der Waals surface area (Å²) in [5.41, 5.74) is 3.86. The van der Waals surface area contributed by atoms with E-state index >= 15 is 0 Å². The van der Waals surface area contributed by atoms with Crippen molar-refractivity contribution in [3.63, 3.8) is 0 Å². The fraction of sp³-hybridized carbons (Fsp3) is 0.269. The van der Waals surface area contributed by atoms with Crippen molar-refractivity contribution < 1.29 is 9.47 Å². The minimum Gasteiger partial charge on any atom is -0.497 e. The van der Waals surface area contributed by atoms with Gasteiger partial charge >= 0.3 is 0 Å². The molecule has 4 aromatic rings. The number of rotatable bonds is 5. The lowest BCUT2D eigenvalue weighted by Crippen LogP contribution is -2.33. The van der Waals surface area contributed by atoms with E-state index in [2.05, 4.69) is 26.0 Å². The number of pyridine rings is 1. The maximum Gasteiger partial charge on any atom is 0.268 e. The van der Waals surface area contributed by atoms with E-state index in [1.165, 1.54) is 11.8 Å². The molecular formula is C26H25N3O3S. The molecule has 5 rings (SSSR count). The van der Waals surface area contributed by atoms with Gasteiger partial charge in [0.25, 0.3) is 5.56 Å². The van der Waals surface area contributed by atoms with E-state index in [0.717, 1.165) is 28.3 Å². The predicted octanol–water partition coefficient (Wildman–Crippen LogP) is 4.93. The summed E-state index contributed by atoms with van der Waals surface area (Å²) in [7, 11) is 1.62. The highest BCUT2D eigenvalue weighted by atomic mass is 32.2. The fourth-order valence-electron chi connectivity index (χ4n) is 3.96. The molecule has 0 atom stereocenters. The molecule has 1 aliphatic heterocycles. The first kappa shape index (κ1) is 21.7. The molecule has 0 radical (unpaired) electrons. The van der Waals surface area contributed by atoms with Crippen LogP contribution in [0.25, 0.3) is 16.7 Å². The van der Waals surface area contributed by atoms with Crippen LogP contribution < -0.4 is 10.3 Å². The quantitative estimate of drug-likeness (QED) is 0.311. The number of hydrogen-bond donors (Lipinski definition) is 0. The first-order chi connectivity index (χ1) is 15.9. The van der Waals surface area contributed by atoms with Gasteiger partial charge in [0.05, 0.1) is 36.1 Å². The molecular weight excluding hydrogens is 434 g/mol. The van der Waals surface area contributed by atoms with Gasteiger partial charge in [-0.15, -0.1) is 0 Å². The molecule has 3 heterocycles. The van der Waals surface area contributed by atoms with Gasteiger partial charge in [-0.2, -0.15) is 0 Å². The molecule has 0 bridgehead atoms. The van der Waals surface area contributed by atoms with Gasteiger partial charge in [0, 0.05) is 17.7 Å². The molecule has 2 aromatic carbocycles. The smallest absolute Gasteiger partial charge is 0.268 e. The number of benzene rings is 2. The molecule has 6 nitrogen and oxygen atoms in total. The molecule has 0 saturated carbocycles. The van der Waals surface area contributed by atoms with Crippen LogP contribution in [-0.4, -0.2) is 27.2 Å². The van der Waals surface area contributed by atoms with Gasteiger partial charge in [-0.05, 0) is 49.7 Å². The molecule has 0 amide bonds. The van der Waals surface area contributed by atoms with E-state index in [4.69, 9.17) is 19.4 Å². The first-order valence-corrected chi connectivity index (χ1v) is 11.8. The fourth-order valence-corrected chi connectivity index (χ4v) is 4.91. The van der Waals surface area contributed by atoms with Crippen molar-refractivity contribution in [3.05, 3.63) is 87.8 Å². The summed E-state index contributed by atoms with van der Waals surface area (Å²) in [5, 5.41) is 1.11. The summed E-state index contributed by atoms with van der Waals surface area (Å²) in [6.45, 7) is 4.55. The zero-order valence-electron chi connectivity index (χ0n) is 18.9. The lowest BCUT2D eigenvalue weighted by Gasteiger charge is -2.31. The van der Waals surface area contributed by atoms with E-state index < -0.39 is 0 Å². The molecule has 2 aromatic heterocycles. The second-order valence-corrected chi connectivity index (χ2v) is 9.64. The minimum atomic E-state index is -0.281. The van der Waals surface area contributed by atoms with Gasteiger partial charge in [0.1, 0.15) is 5.75 Å². The maximum absolute atomic E-state index is 13.7. The summed E-state index contributed by atoms with van der Waals surface area (Å²) >= 11 is 1.53. The summed E-state index contributed by atoms with van der Waals surface area (Å²) < 4.78 is 12.9. The number of ether oxygens (including phenoxy) is 2. The predicted molar refractivity (Wildman–Crippen MR) is 130 cm³/mol. The van der Waals surface area contributed by atoms with Crippen LogP contribution in [0.15, 0.2) is 70.6 Å². The van der Waals surface area contributed by atoms with Crippen LogP contribution in [0.1, 0.15) is 30.7 Å². The number of thioether (sulfide) groups is 1. The normalized spacial score (nSPS) is 14.8. The minimum absolute atomic E-state index is 0.138.